The van der Waals surface area contributed by atoms with Crippen LogP contribution in [0.25, 0.3) is 5.69 Å². The summed E-state index contributed by atoms with van der Waals surface area (Å²) in [6, 6.07) is 8.66. The van der Waals surface area contributed by atoms with Gasteiger partial charge in [-0.3, -0.25) is 4.79 Å². The first-order chi connectivity index (χ1) is 9.99. The van der Waals surface area contributed by atoms with Crippen molar-refractivity contribution in [3.8, 4) is 5.69 Å². The zero-order chi connectivity index (χ0) is 15.4. The van der Waals surface area contributed by atoms with Crippen LogP contribution in [0.5, 0.6) is 0 Å². The average molecular weight is 288 g/mol. The first-order valence-electron chi connectivity index (χ1n) is 6.27. The fraction of sp³-hybridized carbons (Fsp3) is 0.214. The fourth-order valence-corrected chi connectivity index (χ4v) is 1.59. The van der Waals surface area contributed by atoms with Crippen LogP contribution in [0.15, 0.2) is 36.5 Å². The second kappa shape index (κ2) is 6.08. The number of nitrogen functional groups attached to an aromatic ring is 1. The molecule has 2 aromatic rings. The zero-order valence-corrected chi connectivity index (χ0v) is 11.8. The van der Waals surface area contributed by atoms with Gasteiger partial charge in [0.25, 0.3) is 5.91 Å². The molecule has 0 aliphatic heterocycles. The Hall–Kier alpha value is -2.83. The third-order valence-corrected chi connectivity index (χ3v) is 2.81. The maximum Gasteiger partial charge on any atom is 0.359 e. The SMILES string of the molecule is CN(C)C(=O)COC(=O)c1ccn(-c2ccccc2N)n1. The maximum atomic E-state index is 11.8. The Morgan fingerprint density at radius 3 is 2.67 bits per heavy atom. The van der Waals surface area contributed by atoms with Gasteiger partial charge in [0.2, 0.25) is 0 Å². The Balaban J connectivity index is 2.08. The summed E-state index contributed by atoms with van der Waals surface area (Å²) in [4.78, 5) is 24.5. The molecule has 0 aliphatic rings. The Bertz CT molecular complexity index is 664. The normalized spacial score (nSPS) is 10.2. The lowest BCUT2D eigenvalue weighted by atomic mass is 10.3. The number of para-hydroxylation sites is 2. The number of esters is 1. The van der Waals surface area contributed by atoms with Crippen molar-refractivity contribution >= 4 is 17.6 Å². The molecular formula is C14H16N4O3. The number of hydrogen-bond donors (Lipinski definition) is 1. The van der Waals surface area contributed by atoms with Gasteiger partial charge in [-0.05, 0) is 18.2 Å². The van der Waals surface area contributed by atoms with Gasteiger partial charge in [0.15, 0.2) is 12.3 Å². The summed E-state index contributed by atoms with van der Waals surface area (Å²) in [5, 5.41) is 4.10. The van der Waals surface area contributed by atoms with Crippen molar-refractivity contribution in [2.45, 2.75) is 0 Å². The highest BCUT2D eigenvalue weighted by Gasteiger charge is 2.15. The molecule has 21 heavy (non-hydrogen) atoms. The number of rotatable bonds is 4. The van der Waals surface area contributed by atoms with Gasteiger partial charge in [-0.1, -0.05) is 12.1 Å². The van der Waals surface area contributed by atoms with Crippen LogP contribution in [0, 0.1) is 0 Å². The van der Waals surface area contributed by atoms with Crippen LogP contribution in [-0.4, -0.2) is 47.3 Å². The summed E-state index contributed by atoms with van der Waals surface area (Å²) in [6.45, 7) is -0.313. The highest BCUT2D eigenvalue weighted by molar-refractivity contribution is 5.89. The number of hydrogen-bond acceptors (Lipinski definition) is 5. The molecule has 2 rings (SSSR count). The lowest BCUT2D eigenvalue weighted by Crippen LogP contribution is -2.27. The number of anilines is 1. The van der Waals surface area contributed by atoms with Gasteiger partial charge in [0.05, 0.1) is 11.4 Å². The monoisotopic (exact) mass is 288 g/mol. The summed E-state index contributed by atoms with van der Waals surface area (Å²) >= 11 is 0. The largest absolute Gasteiger partial charge is 0.451 e. The van der Waals surface area contributed by atoms with E-state index in [0.717, 1.165) is 0 Å². The van der Waals surface area contributed by atoms with E-state index < -0.39 is 5.97 Å². The third-order valence-electron chi connectivity index (χ3n) is 2.81. The Morgan fingerprint density at radius 2 is 2.00 bits per heavy atom. The number of carbonyl (C=O) groups is 2. The van der Waals surface area contributed by atoms with Gasteiger partial charge >= 0.3 is 5.97 Å². The van der Waals surface area contributed by atoms with E-state index in [1.54, 1.807) is 32.4 Å². The summed E-state index contributed by atoms with van der Waals surface area (Å²) in [5.41, 5.74) is 7.17. The molecule has 110 valence electrons. The number of likely N-dealkylation sites (N-methyl/N-ethyl adjacent to an activating group) is 1. The fourth-order valence-electron chi connectivity index (χ4n) is 1.59. The number of carbonyl (C=O) groups excluding carboxylic acids is 2. The summed E-state index contributed by atoms with van der Waals surface area (Å²) in [6.07, 6.45) is 1.61. The summed E-state index contributed by atoms with van der Waals surface area (Å²) < 4.78 is 6.38. The molecule has 1 amide bonds. The number of benzene rings is 1. The number of aromatic nitrogens is 2. The minimum Gasteiger partial charge on any atom is -0.451 e. The van der Waals surface area contributed by atoms with Crippen molar-refractivity contribution in [1.82, 2.24) is 14.7 Å². The van der Waals surface area contributed by atoms with Gasteiger partial charge in [-0.2, -0.15) is 5.10 Å². The first kappa shape index (κ1) is 14.6. The molecule has 2 N–H and O–H groups in total. The summed E-state index contributed by atoms with van der Waals surface area (Å²) in [7, 11) is 3.17. The van der Waals surface area contributed by atoms with Crippen molar-refractivity contribution in [3.05, 3.63) is 42.2 Å². The van der Waals surface area contributed by atoms with E-state index in [2.05, 4.69) is 5.10 Å². The van der Waals surface area contributed by atoms with Crippen LogP contribution in [0.2, 0.25) is 0 Å². The first-order valence-corrected chi connectivity index (χ1v) is 6.27. The lowest BCUT2D eigenvalue weighted by Gasteiger charge is -2.09. The smallest absolute Gasteiger partial charge is 0.359 e. The van der Waals surface area contributed by atoms with E-state index >= 15 is 0 Å². The molecule has 1 aromatic heterocycles. The molecule has 0 spiro atoms. The topological polar surface area (TPSA) is 90.5 Å². The van der Waals surface area contributed by atoms with E-state index in [1.165, 1.54) is 15.6 Å². The third kappa shape index (κ3) is 3.38. The Morgan fingerprint density at radius 1 is 1.29 bits per heavy atom. The molecule has 1 aromatic carbocycles. The van der Waals surface area contributed by atoms with E-state index in [0.29, 0.717) is 11.4 Å². The van der Waals surface area contributed by atoms with Gasteiger partial charge in [0.1, 0.15) is 0 Å². The van der Waals surface area contributed by atoms with Crippen molar-refractivity contribution in [3.63, 3.8) is 0 Å². The maximum absolute atomic E-state index is 11.8. The van der Waals surface area contributed by atoms with Crippen molar-refractivity contribution < 1.29 is 14.3 Å². The van der Waals surface area contributed by atoms with E-state index in [9.17, 15) is 9.59 Å². The van der Waals surface area contributed by atoms with Gasteiger partial charge in [-0.15, -0.1) is 0 Å². The number of nitrogens with zero attached hydrogens (tertiary/aromatic N) is 3. The van der Waals surface area contributed by atoms with Crippen LogP contribution in [-0.2, 0) is 9.53 Å². The van der Waals surface area contributed by atoms with E-state index in [4.69, 9.17) is 10.5 Å². The molecule has 7 heteroatoms. The predicted molar refractivity (Wildman–Crippen MR) is 77.0 cm³/mol. The van der Waals surface area contributed by atoms with Crippen LogP contribution in [0.3, 0.4) is 0 Å². The van der Waals surface area contributed by atoms with Gasteiger partial charge in [-0.25, -0.2) is 9.48 Å². The van der Waals surface area contributed by atoms with E-state index in [1.807, 2.05) is 12.1 Å². The molecule has 0 saturated heterocycles. The second-order valence-electron chi connectivity index (χ2n) is 4.57. The molecular weight excluding hydrogens is 272 g/mol. The lowest BCUT2D eigenvalue weighted by molar-refractivity contribution is -0.131. The zero-order valence-electron chi connectivity index (χ0n) is 11.8. The van der Waals surface area contributed by atoms with E-state index in [-0.39, 0.29) is 18.2 Å². The average Bonchev–Trinajstić information content (AvgIpc) is 2.94. The van der Waals surface area contributed by atoms with Crippen molar-refractivity contribution in [2.75, 3.05) is 26.4 Å². The van der Waals surface area contributed by atoms with Crippen molar-refractivity contribution in [1.29, 1.82) is 0 Å². The molecule has 0 atom stereocenters. The van der Waals surface area contributed by atoms with Gasteiger partial charge < -0.3 is 15.4 Å². The second-order valence-corrected chi connectivity index (χ2v) is 4.57. The minimum absolute atomic E-state index is 0.116. The van der Waals surface area contributed by atoms with Crippen molar-refractivity contribution in [2.24, 2.45) is 0 Å². The molecule has 0 unspecified atom stereocenters. The number of amides is 1. The molecule has 0 saturated carbocycles. The highest BCUT2D eigenvalue weighted by Crippen LogP contribution is 2.15. The molecule has 7 nitrogen and oxygen atoms in total. The standard InChI is InChI=1S/C14H16N4O3/c1-17(2)13(19)9-21-14(20)11-7-8-18(16-11)12-6-4-3-5-10(12)15/h3-8H,9,15H2,1-2H3. The summed E-state index contributed by atoms with van der Waals surface area (Å²) in [5.74, 6) is -0.950. The molecule has 0 bridgehead atoms. The van der Waals surface area contributed by atoms with Gasteiger partial charge in [0, 0.05) is 20.3 Å². The van der Waals surface area contributed by atoms with Crippen LogP contribution in [0.4, 0.5) is 5.69 Å². The number of nitrogens with two attached hydrogens (primary N) is 1. The van der Waals surface area contributed by atoms with Crippen LogP contribution >= 0.6 is 0 Å². The Labute approximate surface area is 121 Å². The molecule has 0 fully saturated rings. The highest BCUT2D eigenvalue weighted by atomic mass is 16.5. The van der Waals surface area contributed by atoms with Crippen LogP contribution < -0.4 is 5.73 Å². The molecule has 0 aliphatic carbocycles. The van der Waals surface area contributed by atoms with Crippen LogP contribution in [0.1, 0.15) is 10.5 Å². The Kier molecular flexibility index (Phi) is 4.22. The predicted octanol–water partition coefficient (Wildman–Crippen LogP) is 0.699. The quantitative estimate of drug-likeness (QED) is 0.660. The minimum atomic E-state index is -0.654. The number of ether oxygens (including phenoxy) is 1. The molecule has 0 radical (unpaired) electrons. The molecule has 1 heterocycles.